The lowest BCUT2D eigenvalue weighted by Crippen LogP contribution is -2.41. The molecule has 0 aliphatic heterocycles. The van der Waals surface area contributed by atoms with Crippen LogP contribution >= 0.6 is 0 Å². The number of nitrogens with one attached hydrogen (secondary N) is 2. The van der Waals surface area contributed by atoms with Gasteiger partial charge < -0.3 is 15.4 Å². The van der Waals surface area contributed by atoms with Gasteiger partial charge in [0.25, 0.3) is 11.8 Å². The van der Waals surface area contributed by atoms with Crippen LogP contribution in [0.25, 0.3) is 0 Å². The van der Waals surface area contributed by atoms with E-state index in [9.17, 15) is 9.59 Å². The fraction of sp³-hybridized carbons (Fsp3) is 0.375. The molecule has 37 heavy (non-hydrogen) atoms. The average molecular weight is 501 g/mol. The van der Waals surface area contributed by atoms with Crippen LogP contribution < -0.4 is 15.4 Å². The summed E-state index contributed by atoms with van der Waals surface area (Å²) >= 11 is 0. The summed E-state index contributed by atoms with van der Waals surface area (Å²) < 4.78 is 5.75. The van der Waals surface area contributed by atoms with E-state index >= 15 is 0 Å². The van der Waals surface area contributed by atoms with E-state index in [1.165, 1.54) is 0 Å². The van der Waals surface area contributed by atoms with Crippen LogP contribution in [0.15, 0.2) is 72.8 Å². The van der Waals surface area contributed by atoms with Crippen LogP contribution in [-0.2, 0) is 10.8 Å². The van der Waals surface area contributed by atoms with Gasteiger partial charge in [0.2, 0.25) is 0 Å². The smallest absolute Gasteiger partial charge is 0.253 e. The molecule has 3 aromatic rings. The normalized spacial score (nSPS) is 11.9. The highest BCUT2D eigenvalue weighted by Gasteiger charge is 2.21. The van der Waals surface area contributed by atoms with E-state index in [2.05, 4.69) is 52.2 Å². The topological polar surface area (TPSA) is 67.4 Å². The first-order valence-corrected chi connectivity index (χ1v) is 12.8. The van der Waals surface area contributed by atoms with Crippen molar-refractivity contribution in [2.75, 3.05) is 0 Å². The molecule has 0 aliphatic carbocycles. The molecule has 2 amide bonds. The Morgan fingerprint density at radius 3 is 1.32 bits per heavy atom. The predicted octanol–water partition coefficient (Wildman–Crippen LogP) is 6.93. The van der Waals surface area contributed by atoms with Crippen molar-refractivity contribution in [2.45, 2.75) is 78.5 Å². The van der Waals surface area contributed by atoms with E-state index in [1.54, 1.807) is 0 Å². The monoisotopic (exact) mass is 500 g/mol. The minimum Gasteiger partial charge on any atom is -0.491 e. The molecule has 0 saturated carbocycles. The minimum absolute atomic E-state index is 0.00609. The second kappa shape index (κ2) is 11.2. The van der Waals surface area contributed by atoms with Crippen LogP contribution in [0.1, 0.15) is 99.0 Å². The van der Waals surface area contributed by atoms with E-state index in [-0.39, 0.29) is 28.7 Å². The number of amides is 2. The van der Waals surface area contributed by atoms with E-state index < -0.39 is 6.17 Å². The first kappa shape index (κ1) is 28.0. The number of benzene rings is 3. The van der Waals surface area contributed by atoms with Crippen LogP contribution in [0.3, 0.4) is 0 Å². The molecule has 0 saturated heterocycles. The molecule has 0 aliphatic rings. The fourth-order valence-electron chi connectivity index (χ4n) is 3.89. The summed E-state index contributed by atoms with van der Waals surface area (Å²) in [5, 5.41) is 5.99. The molecular formula is C32H40N2O3. The van der Waals surface area contributed by atoms with Gasteiger partial charge in [0.05, 0.1) is 6.10 Å². The van der Waals surface area contributed by atoms with Crippen molar-refractivity contribution in [2.24, 2.45) is 0 Å². The summed E-state index contributed by atoms with van der Waals surface area (Å²) in [6, 6.07) is 22.6. The number of hydrogen-bond donors (Lipinski definition) is 2. The van der Waals surface area contributed by atoms with Gasteiger partial charge in [-0.2, -0.15) is 0 Å². The number of hydrogen-bond acceptors (Lipinski definition) is 3. The molecule has 5 nitrogen and oxygen atoms in total. The Bertz CT molecular complexity index is 1130. The van der Waals surface area contributed by atoms with Gasteiger partial charge in [-0.05, 0) is 77.8 Å². The molecule has 0 radical (unpaired) electrons. The standard InChI is InChI=1S/C32H40N2O3/c1-21(2)37-27-19-13-22(14-20-27)28(33-29(35)23-9-15-25(16-10-23)31(3,4)5)34-30(36)24-11-17-26(18-12-24)32(6,7)8/h9-21,28H,1-8H3,(H,33,35)(H,34,36). The third-order valence-corrected chi connectivity index (χ3v) is 6.16. The van der Waals surface area contributed by atoms with Gasteiger partial charge in [-0.25, -0.2) is 0 Å². The Morgan fingerprint density at radius 1 is 0.622 bits per heavy atom. The van der Waals surface area contributed by atoms with Crippen LogP contribution in [0, 0.1) is 0 Å². The van der Waals surface area contributed by atoms with Gasteiger partial charge in [0, 0.05) is 11.1 Å². The Balaban J connectivity index is 1.84. The zero-order valence-corrected chi connectivity index (χ0v) is 23.3. The second-order valence-electron chi connectivity index (χ2n) is 11.8. The summed E-state index contributed by atoms with van der Waals surface area (Å²) in [6.45, 7) is 16.7. The zero-order valence-electron chi connectivity index (χ0n) is 23.3. The van der Waals surface area contributed by atoms with Crippen LogP contribution in [0.5, 0.6) is 5.75 Å². The summed E-state index contributed by atoms with van der Waals surface area (Å²) in [5.41, 5.74) is 4.09. The number of ether oxygens (including phenoxy) is 1. The van der Waals surface area contributed by atoms with Crippen molar-refractivity contribution in [3.8, 4) is 5.75 Å². The lowest BCUT2D eigenvalue weighted by molar-refractivity contribution is 0.0883. The molecule has 0 atom stereocenters. The van der Waals surface area contributed by atoms with E-state index in [0.29, 0.717) is 11.1 Å². The molecule has 0 spiro atoms. The maximum Gasteiger partial charge on any atom is 0.253 e. The van der Waals surface area contributed by atoms with Gasteiger partial charge in [-0.1, -0.05) is 77.9 Å². The maximum absolute atomic E-state index is 13.2. The number of carbonyl (C=O) groups excluding carboxylic acids is 2. The SMILES string of the molecule is CC(C)Oc1ccc(C(NC(=O)c2ccc(C(C)(C)C)cc2)NC(=O)c2ccc(C(C)(C)C)cc2)cc1. The van der Waals surface area contributed by atoms with Crippen molar-refractivity contribution in [3.05, 3.63) is 101 Å². The Kier molecular flexibility index (Phi) is 8.47. The summed E-state index contributed by atoms with van der Waals surface area (Å²) in [5.74, 6) is 0.193. The van der Waals surface area contributed by atoms with Crippen LogP contribution in [-0.4, -0.2) is 17.9 Å². The molecular weight excluding hydrogens is 460 g/mol. The fourth-order valence-corrected chi connectivity index (χ4v) is 3.89. The summed E-state index contributed by atoms with van der Waals surface area (Å²) in [4.78, 5) is 26.4. The molecule has 2 N–H and O–H groups in total. The van der Waals surface area contributed by atoms with Crippen LogP contribution in [0.2, 0.25) is 0 Å². The minimum atomic E-state index is -0.724. The highest BCUT2D eigenvalue weighted by molar-refractivity contribution is 5.97. The first-order valence-electron chi connectivity index (χ1n) is 12.8. The van der Waals surface area contributed by atoms with Crippen molar-refractivity contribution in [3.63, 3.8) is 0 Å². The third-order valence-electron chi connectivity index (χ3n) is 6.16. The third kappa shape index (κ3) is 7.69. The van der Waals surface area contributed by atoms with Crippen molar-refractivity contribution >= 4 is 11.8 Å². The molecule has 196 valence electrons. The zero-order chi connectivity index (χ0) is 27.4. The Labute approximate surface area is 221 Å². The van der Waals surface area contributed by atoms with Crippen molar-refractivity contribution in [1.29, 1.82) is 0 Å². The quantitative estimate of drug-likeness (QED) is 0.346. The summed E-state index contributed by atoms with van der Waals surface area (Å²) in [6.07, 6.45) is -0.675. The average Bonchev–Trinajstić information content (AvgIpc) is 2.82. The lowest BCUT2D eigenvalue weighted by atomic mass is 9.86. The van der Waals surface area contributed by atoms with Crippen molar-refractivity contribution < 1.29 is 14.3 Å². The molecule has 0 bridgehead atoms. The van der Waals surface area contributed by atoms with Gasteiger partial charge in [0.15, 0.2) is 0 Å². The van der Waals surface area contributed by atoms with Gasteiger partial charge in [-0.3, -0.25) is 9.59 Å². The first-order chi connectivity index (χ1) is 17.2. The van der Waals surface area contributed by atoms with E-state index in [1.807, 2.05) is 86.6 Å². The predicted molar refractivity (Wildman–Crippen MR) is 150 cm³/mol. The van der Waals surface area contributed by atoms with Crippen LogP contribution in [0.4, 0.5) is 0 Å². The highest BCUT2D eigenvalue weighted by Crippen LogP contribution is 2.24. The molecule has 0 heterocycles. The van der Waals surface area contributed by atoms with Gasteiger partial charge >= 0.3 is 0 Å². The molecule has 3 aromatic carbocycles. The molecule has 5 heteroatoms. The Hall–Kier alpha value is -3.60. The van der Waals surface area contributed by atoms with E-state index in [4.69, 9.17) is 4.74 Å². The molecule has 0 unspecified atom stereocenters. The number of rotatable bonds is 7. The second-order valence-corrected chi connectivity index (χ2v) is 11.8. The Morgan fingerprint density at radius 2 is 1.00 bits per heavy atom. The maximum atomic E-state index is 13.2. The van der Waals surface area contributed by atoms with Crippen molar-refractivity contribution in [1.82, 2.24) is 10.6 Å². The number of carbonyl (C=O) groups is 2. The lowest BCUT2D eigenvalue weighted by Gasteiger charge is -2.23. The van der Waals surface area contributed by atoms with Gasteiger partial charge in [-0.15, -0.1) is 0 Å². The molecule has 0 fully saturated rings. The summed E-state index contributed by atoms with van der Waals surface area (Å²) in [7, 11) is 0. The van der Waals surface area contributed by atoms with E-state index in [0.717, 1.165) is 22.4 Å². The molecule has 0 aromatic heterocycles. The molecule has 3 rings (SSSR count). The largest absolute Gasteiger partial charge is 0.491 e. The highest BCUT2D eigenvalue weighted by atomic mass is 16.5. The van der Waals surface area contributed by atoms with Gasteiger partial charge in [0.1, 0.15) is 11.9 Å².